The average molecular weight is 937 g/mol. The fourth-order valence-electron chi connectivity index (χ4n) is 12.1. The van der Waals surface area contributed by atoms with Crippen LogP contribution in [-0.2, 0) is 36.3 Å². The van der Waals surface area contributed by atoms with Crippen LogP contribution in [-0.4, -0.2) is 116 Å². The van der Waals surface area contributed by atoms with E-state index < -0.39 is 6.04 Å². The molecule has 1 unspecified atom stereocenters. The van der Waals surface area contributed by atoms with Gasteiger partial charge in [-0.15, -0.1) is 0 Å². The van der Waals surface area contributed by atoms with E-state index in [2.05, 4.69) is 67.2 Å². The molecule has 6 aliphatic heterocycles. The monoisotopic (exact) mass is 937 g/mol. The van der Waals surface area contributed by atoms with Gasteiger partial charge in [0.25, 0.3) is 11.8 Å². The van der Waals surface area contributed by atoms with Crippen LogP contribution in [0.15, 0.2) is 60.8 Å². The number of pyridine rings is 1. The summed E-state index contributed by atoms with van der Waals surface area (Å²) in [6, 6.07) is 17.8. The first-order valence-electron chi connectivity index (χ1n) is 25.4. The third kappa shape index (κ3) is 9.25. The third-order valence-electron chi connectivity index (χ3n) is 16.2. The first-order valence-corrected chi connectivity index (χ1v) is 25.4. The maximum absolute atomic E-state index is 13.9. The largest absolute Gasteiger partial charge is 0.372 e. The standard InChI is InChI=1S/C53H65N11O5/c1-35-5-4-26-69-64-45(14-19-58(64)3)44-30-39(27-36(2)54-44)49(66)57-52-55-43-9-6-38(28-47(43)63(52)31-35)33-60-24-17-53(18-25-60)15-22-59(23-16-53)32-37-12-20-61(21-13-37)41-7-8-42-40(29-41)34-62(51(42)68)46-10-11-48(65)56-50(46)67/h6-9,14,19,27-30,35,37,46H,4-5,10-13,15-18,20-26,31-34H2,1-3H3,(H-,55,56,57,65,66,67)/p+1/t35-,46?/m1/s1. The molecule has 2 atom stereocenters. The zero-order valence-corrected chi connectivity index (χ0v) is 40.4. The van der Waals surface area contributed by atoms with Crippen molar-refractivity contribution in [2.75, 3.05) is 62.6 Å². The summed E-state index contributed by atoms with van der Waals surface area (Å²) in [4.78, 5) is 78.7. The molecule has 5 aromatic rings. The van der Waals surface area contributed by atoms with E-state index in [9.17, 15) is 19.2 Å². The predicted octanol–water partition coefficient (Wildman–Crippen LogP) is 5.50. The first-order chi connectivity index (χ1) is 33.4. The minimum absolute atomic E-state index is 0.118. The molecule has 2 N–H and O–H groups in total. The first kappa shape index (κ1) is 45.3. The lowest BCUT2D eigenvalue weighted by atomic mass is 9.71. The van der Waals surface area contributed by atoms with Crippen LogP contribution >= 0.6 is 0 Å². The van der Waals surface area contributed by atoms with Gasteiger partial charge >= 0.3 is 0 Å². The van der Waals surface area contributed by atoms with Gasteiger partial charge in [0, 0.05) is 79.1 Å². The Morgan fingerprint density at radius 1 is 0.841 bits per heavy atom. The van der Waals surface area contributed by atoms with E-state index in [1.165, 1.54) is 50.9 Å². The summed E-state index contributed by atoms with van der Waals surface area (Å²) >= 11 is 0. The molecule has 4 fully saturated rings. The van der Waals surface area contributed by atoms with Crippen molar-refractivity contribution in [3.8, 4) is 11.4 Å². The zero-order valence-electron chi connectivity index (χ0n) is 40.4. The molecule has 16 nitrogen and oxygen atoms in total. The molecule has 362 valence electrons. The average Bonchev–Trinajstić information content (AvgIpc) is 4.00. The molecule has 69 heavy (non-hydrogen) atoms. The number of hydrogen-bond acceptors (Lipinski definition) is 10. The fourth-order valence-corrected chi connectivity index (χ4v) is 12.1. The highest BCUT2D eigenvalue weighted by Gasteiger charge is 2.40. The van der Waals surface area contributed by atoms with Gasteiger partial charge in [0.2, 0.25) is 17.8 Å². The lowest BCUT2D eigenvalue weighted by Gasteiger charge is -2.47. The second-order valence-electron chi connectivity index (χ2n) is 21.1. The summed E-state index contributed by atoms with van der Waals surface area (Å²) < 4.78 is 4.11. The van der Waals surface area contributed by atoms with Crippen molar-refractivity contribution >= 4 is 46.3 Å². The molecule has 2 bridgehead atoms. The molecule has 2 aromatic carbocycles. The van der Waals surface area contributed by atoms with E-state index in [1.54, 1.807) is 9.75 Å². The zero-order chi connectivity index (χ0) is 47.4. The van der Waals surface area contributed by atoms with Gasteiger partial charge < -0.3 is 24.1 Å². The number of imidazole rings is 1. The van der Waals surface area contributed by atoms with Crippen molar-refractivity contribution in [1.82, 2.24) is 39.4 Å². The van der Waals surface area contributed by atoms with Crippen molar-refractivity contribution in [2.24, 2.45) is 24.3 Å². The molecule has 16 heteroatoms. The topological polar surface area (TPSA) is 154 Å². The Balaban J connectivity index is 0.674. The number of fused-ring (bicyclic) bond motifs is 8. The molecule has 3 aromatic heterocycles. The van der Waals surface area contributed by atoms with Crippen molar-refractivity contribution in [1.29, 1.82) is 0 Å². The number of hydrogen-bond donors (Lipinski definition) is 2. The van der Waals surface area contributed by atoms with Crippen LogP contribution in [0.2, 0.25) is 0 Å². The molecule has 11 rings (SSSR count). The molecule has 0 aliphatic carbocycles. The van der Waals surface area contributed by atoms with Crippen LogP contribution in [0, 0.1) is 24.2 Å². The number of aromatic nitrogens is 5. The normalized spacial score (nSPS) is 22.9. The van der Waals surface area contributed by atoms with Gasteiger partial charge in [-0.25, -0.2) is 4.98 Å². The number of benzene rings is 2. The lowest BCUT2D eigenvalue weighted by molar-refractivity contribution is -0.777. The van der Waals surface area contributed by atoms with E-state index in [0.29, 0.717) is 59.6 Å². The van der Waals surface area contributed by atoms with Gasteiger partial charge in [0.15, 0.2) is 18.9 Å². The number of likely N-dealkylation sites (tertiary alicyclic amines) is 2. The number of imide groups is 1. The van der Waals surface area contributed by atoms with E-state index in [-0.39, 0.29) is 30.0 Å². The summed E-state index contributed by atoms with van der Waals surface area (Å²) in [5, 5.41) is 5.59. The van der Waals surface area contributed by atoms with Gasteiger partial charge in [-0.3, -0.25) is 39.7 Å². The molecule has 1 spiro atoms. The van der Waals surface area contributed by atoms with Crippen molar-refractivity contribution in [3.63, 3.8) is 0 Å². The number of carbonyl (C=O) groups excluding carboxylic acids is 4. The highest BCUT2D eigenvalue weighted by molar-refractivity contribution is 6.06. The van der Waals surface area contributed by atoms with Crippen LogP contribution in [0.5, 0.6) is 0 Å². The van der Waals surface area contributed by atoms with Crippen molar-refractivity contribution < 1.29 is 28.7 Å². The molecule has 6 aliphatic rings. The SMILES string of the molecule is Cc1cc2cc(n1)-c1cc[n+](C)n1OCCC[C@@H](C)Cn1c(nc3ccc(CN4CCC5(CC4)CCN(CC4CCN(c6ccc7c(c6)CN(C6CCC(=O)NC6=O)C7=O)CC4)CC5)cc31)NC2=O. The molecule has 0 radical (unpaired) electrons. The molecular weight excluding hydrogens is 871 g/mol. The molecule has 4 amide bonds. The maximum Gasteiger partial charge on any atom is 0.258 e. The van der Waals surface area contributed by atoms with Crippen molar-refractivity contribution in [3.05, 3.63) is 88.7 Å². The second kappa shape index (κ2) is 18.6. The van der Waals surface area contributed by atoms with E-state index in [0.717, 1.165) is 98.6 Å². The van der Waals surface area contributed by atoms with Crippen molar-refractivity contribution in [2.45, 2.75) is 104 Å². The Bertz CT molecular complexity index is 2790. The Hall–Kier alpha value is -6.13. The highest BCUT2D eigenvalue weighted by atomic mass is 16.7. The van der Waals surface area contributed by atoms with Gasteiger partial charge in [0.1, 0.15) is 12.6 Å². The number of rotatable bonds is 6. The minimum atomic E-state index is -0.589. The lowest BCUT2D eigenvalue weighted by Crippen LogP contribution is -2.52. The van der Waals surface area contributed by atoms with Gasteiger partial charge in [-0.1, -0.05) is 17.7 Å². The maximum atomic E-state index is 13.9. The number of amides is 4. The van der Waals surface area contributed by atoms with Crippen LogP contribution in [0.25, 0.3) is 22.4 Å². The minimum Gasteiger partial charge on any atom is -0.372 e. The van der Waals surface area contributed by atoms with Gasteiger partial charge in [-0.05, 0) is 162 Å². The second-order valence-corrected chi connectivity index (χ2v) is 21.1. The Labute approximate surface area is 403 Å². The van der Waals surface area contributed by atoms with Crippen LogP contribution in [0.1, 0.15) is 109 Å². The molecule has 4 saturated heterocycles. The Morgan fingerprint density at radius 3 is 2.41 bits per heavy atom. The van der Waals surface area contributed by atoms with Crippen LogP contribution in [0.3, 0.4) is 0 Å². The van der Waals surface area contributed by atoms with Gasteiger partial charge in [0.05, 0.1) is 16.7 Å². The van der Waals surface area contributed by atoms with E-state index in [4.69, 9.17) is 14.8 Å². The predicted molar refractivity (Wildman–Crippen MR) is 261 cm³/mol. The van der Waals surface area contributed by atoms with Gasteiger partial charge in [-0.2, -0.15) is 0 Å². The third-order valence-corrected chi connectivity index (χ3v) is 16.2. The molecular formula is C53H66N11O5+. The summed E-state index contributed by atoms with van der Waals surface area (Å²) in [6.07, 6.45) is 11.8. The molecule has 0 saturated carbocycles. The Kier molecular flexibility index (Phi) is 12.2. The number of nitrogens with one attached hydrogen (secondary N) is 2. The number of nitrogens with zero attached hydrogens (tertiary/aromatic N) is 9. The number of anilines is 2. The number of aryl methyl sites for hydroxylation is 2. The summed E-state index contributed by atoms with van der Waals surface area (Å²) in [6.45, 7) is 14.6. The smallest absolute Gasteiger partial charge is 0.258 e. The summed E-state index contributed by atoms with van der Waals surface area (Å²) in [7, 11) is 1.94. The number of carbonyl (C=O) groups is 4. The quantitative estimate of drug-likeness (QED) is 0.165. The summed E-state index contributed by atoms with van der Waals surface area (Å²) in [5.41, 5.74) is 9.20. The Morgan fingerprint density at radius 2 is 1.62 bits per heavy atom. The van der Waals surface area contributed by atoms with Crippen LogP contribution in [0.4, 0.5) is 11.6 Å². The van der Waals surface area contributed by atoms with E-state index >= 15 is 0 Å². The van der Waals surface area contributed by atoms with Crippen LogP contribution < -0.4 is 25.1 Å². The number of piperidine rings is 4. The highest BCUT2D eigenvalue weighted by Crippen LogP contribution is 2.42. The summed E-state index contributed by atoms with van der Waals surface area (Å²) in [5.74, 6) is 0.624. The molecule has 9 heterocycles. The fraction of sp³-hybridized carbons (Fsp3) is 0.528. The van der Waals surface area contributed by atoms with E-state index in [1.807, 2.05) is 49.1 Å².